The number of ether oxygens (including phenoxy) is 3. The second-order valence-electron chi connectivity index (χ2n) is 7.65. The standard InChI is InChI=1S/C26H30N2O5/c1-6-13-31-21-9-10-23(17(2)14-21)27-26(29)12-8-20-7-11-24(25(15-20)30-5)32-16-22-18(3)28-33-19(22)4/h7-12,14-15H,6,13,16H2,1-5H3,(H,27,29)/b12-8+. The van der Waals surface area contributed by atoms with Gasteiger partial charge >= 0.3 is 0 Å². The van der Waals surface area contributed by atoms with Crippen molar-refractivity contribution in [2.75, 3.05) is 19.0 Å². The van der Waals surface area contributed by atoms with Gasteiger partial charge in [-0.25, -0.2) is 0 Å². The Morgan fingerprint density at radius 2 is 1.91 bits per heavy atom. The summed E-state index contributed by atoms with van der Waals surface area (Å²) in [5.74, 6) is 2.48. The van der Waals surface area contributed by atoms with E-state index in [2.05, 4.69) is 17.4 Å². The third-order valence-corrected chi connectivity index (χ3v) is 5.10. The van der Waals surface area contributed by atoms with Gasteiger partial charge in [0, 0.05) is 11.8 Å². The highest BCUT2D eigenvalue weighted by atomic mass is 16.5. The lowest BCUT2D eigenvalue weighted by Gasteiger charge is -2.11. The van der Waals surface area contributed by atoms with Crippen molar-refractivity contribution in [1.29, 1.82) is 0 Å². The maximum Gasteiger partial charge on any atom is 0.248 e. The van der Waals surface area contributed by atoms with E-state index in [4.69, 9.17) is 18.7 Å². The fourth-order valence-corrected chi connectivity index (χ4v) is 3.20. The smallest absolute Gasteiger partial charge is 0.248 e. The van der Waals surface area contributed by atoms with E-state index in [-0.39, 0.29) is 5.91 Å². The van der Waals surface area contributed by atoms with E-state index in [1.807, 2.05) is 57.2 Å². The van der Waals surface area contributed by atoms with E-state index in [0.717, 1.165) is 46.0 Å². The number of rotatable bonds is 10. The fraction of sp³-hybridized carbons (Fsp3) is 0.308. The van der Waals surface area contributed by atoms with Gasteiger partial charge in [0.2, 0.25) is 5.91 Å². The number of anilines is 1. The van der Waals surface area contributed by atoms with Gasteiger partial charge in [-0.3, -0.25) is 4.79 Å². The molecule has 174 valence electrons. The van der Waals surface area contributed by atoms with Crippen LogP contribution in [0.25, 0.3) is 6.08 Å². The normalized spacial score (nSPS) is 10.9. The minimum atomic E-state index is -0.224. The van der Waals surface area contributed by atoms with Crippen molar-refractivity contribution in [3.8, 4) is 17.2 Å². The van der Waals surface area contributed by atoms with Gasteiger partial charge in [0.25, 0.3) is 0 Å². The Morgan fingerprint density at radius 3 is 2.58 bits per heavy atom. The lowest BCUT2D eigenvalue weighted by molar-refractivity contribution is -0.111. The molecule has 0 saturated carbocycles. The van der Waals surface area contributed by atoms with Crippen LogP contribution >= 0.6 is 0 Å². The largest absolute Gasteiger partial charge is 0.494 e. The van der Waals surface area contributed by atoms with Crippen LogP contribution in [-0.2, 0) is 11.4 Å². The summed E-state index contributed by atoms with van der Waals surface area (Å²) in [6.45, 7) is 8.72. The van der Waals surface area contributed by atoms with E-state index in [9.17, 15) is 4.79 Å². The maximum absolute atomic E-state index is 12.4. The van der Waals surface area contributed by atoms with E-state index >= 15 is 0 Å². The fourth-order valence-electron chi connectivity index (χ4n) is 3.20. The molecular formula is C26H30N2O5. The Balaban J connectivity index is 1.63. The molecule has 0 fully saturated rings. The van der Waals surface area contributed by atoms with Gasteiger partial charge in [0.1, 0.15) is 18.1 Å². The van der Waals surface area contributed by atoms with Crippen LogP contribution in [0.4, 0.5) is 5.69 Å². The number of nitrogens with one attached hydrogen (secondary N) is 1. The monoisotopic (exact) mass is 450 g/mol. The van der Waals surface area contributed by atoms with Crippen LogP contribution in [0.1, 0.15) is 41.5 Å². The number of benzene rings is 2. The average molecular weight is 451 g/mol. The van der Waals surface area contributed by atoms with Gasteiger partial charge in [0.15, 0.2) is 11.5 Å². The summed E-state index contributed by atoms with van der Waals surface area (Å²) in [6, 6.07) is 11.1. The van der Waals surface area contributed by atoms with Crippen molar-refractivity contribution < 1.29 is 23.5 Å². The first kappa shape index (κ1) is 23.9. The molecule has 1 aromatic heterocycles. The predicted octanol–water partition coefficient (Wildman–Crippen LogP) is 5.63. The summed E-state index contributed by atoms with van der Waals surface area (Å²) < 4.78 is 22.2. The van der Waals surface area contributed by atoms with Gasteiger partial charge < -0.3 is 24.1 Å². The summed E-state index contributed by atoms with van der Waals surface area (Å²) >= 11 is 0. The number of carbonyl (C=O) groups excluding carboxylic acids is 1. The van der Waals surface area contributed by atoms with Crippen LogP contribution in [-0.4, -0.2) is 24.8 Å². The molecule has 0 aliphatic carbocycles. The lowest BCUT2D eigenvalue weighted by atomic mass is 10.1. The Morgan fingerprint density at radius 1 is 1.09 bits per heavy atom. The second-order valence-corrected chi connectivity index (χ2v) is 7.65. The quantitative estimate of drug-likeness (QED) is 0.403. The molecule has 1 heterocycles. The first-order chi connectivity index (χ1) is 15.9. The molecule has 0 aliphatic rings. The summed E-state index contributed by atoms with van der Waals surface area (Å²) in [4.78, 5) is 12.4. The highest BCUT2D eigenvalue weighted by molar-refractivity contribution is 6.02. The highest BCUT2D eigenvalue weighted by Gasteiger charge is 2.12. The third kappa shape index (κ3) is 6.38. The first-order valence-electron chi connectivity index (χ1n) is 10.9. The average Bonchev–Trinajstić information content (AvgIpc) is 3.13. The zero-order valence-electron chi connectivity index (χ0n) is 19.7. The van der Waals surface area contributed by atoms with Crippen LogP contribution in [0.5, 0.6) is 17.2 Å². The molecule has 33 heavy (non-hydrogen) atoms. The Kier molecular flexibility index (Phi) is 8.13. The van der Waals surface area contributed by atoms with Gasteiger partial charge in [-0.05, 0) is 74.7 Å². The number of hydrogen-bond acceptors (Lipinski definition) is 6. The molecule has 0 saturated heterocycles. The number of methoxy groups -OCH3 is 1. The molecule has 1 N–H and O–H groups in total. The molecule has 3 aromatic rings. The predicted molar refractivity (Wildman–Crippen MR) is 128 cm³/mol. The molecule has 1 amide bonds. The number of hydrogen-bond donors (Lipinski definition) is 1. The zero-order chi connectivity index (χ0) is 23.8. The molecule has 7 heteroatoms. The third-order valence-electron chi connectivity index (χ3n) is 5.10. The van der Waals surface area contributed by atoms with Crippen molar-refractivity contribution in [2.45, 2.75) is 40.7 Å². The lowest BCUT2D eigenvalue weighted by Crippen LogP contribution is -2.09. The van der Waals surface area contributed by atoms with E-state index in [1.54, 1.807) is 13.2 Å². The Labute approximate surface area is 194 Å². The SMILES string of the molecule is CCCOc1ccc(NC(=O)/C=C/c2ccc(OCc3c(C)noc3C)c(OC)c2)c(C)c1. The van der Waals surface area contributed by atoms with Crippen molar-refractivity contribution in [3.63, 3.8) is 0 Å². The molecule has 0 atom stereocenters. The molecule has 7 nitrogen and oxygen atoms in total. The highest BCUT2D eigenvalue weighted by Crippen LogP contribution is 2.30. The summed E-state index contributed by atoms with van der Waals surface area (Å²) in [6.07, 6.45) is 4.16. The minimum Gasteiger partial charge on any atom is -0.494 e. The van der Waals surface area contributed by atoms with Gasteiger partial charge in [-0.15, -0.1) is 0 Å². The van der Waals surface area contributed by atoms with E-state index < -0.39 is 0 Å². The van der Waals surface area contributed by atoms with Gasteiger partial charge in [-0.2, -0.15) is 0 Å². The molecule has 0 radical (unpaired) electrons. The molecule has 2 aromatic carbocycles. The van der Waals surface area contributed by atoms with Crippen molar-refractivity contribution >= 4 is 17.7 Å². The van der Waals surface area contributed by atoms with Crippen LogP contribution < -0.4 is 19.5 Å². The first-order valence-corrected chi connectivity index (χ1v) is 10.9. The molecule has 0 aliphatic heterocycles. The molecule has 3 rings (SSSR count). The molecule has 0 spiro atoms. The number of aryl methyl sites for hydroxylation is 3. The maximum atomic E-state index is 12.4. The van der Waals surface area contributed by atoms with Crippen molar-refractivity contribution in [3.05, 3.63) is 70.6 Å². The van der Waals surface area contributed by atoms with Crippen LogP contribution in [0.3, 0.4) is 0 Å². The summed E-state index contributed by atoms with van der Waals surface area (Å²) in [5.41, 5.74) is 4.21. The Bertz CT molecular complexity index is 1110. The van der Waals surface area contributed by atoms with Crippen LogP contribution in [0, 0.1) is 20.8 Å². The number of nitrogens with zero attached hydrogens (tertiary/aromatic N) is 1. The van der Waals surface area contributed by atoms with E-state index in [0.29, 0.717) is 24.7 Å². The molecule has 0 unspecified atom stereocenters. The zero-order valence-corrected chi connectivity index (χ0v) is 19.7. The number of aromatic nitrogens is 1. The molecular weight excluding hydrogens is 420 g/mol. The van der Waals surface area contributed by atoms with Gasteiger partial charge in [0.05, 0.1) is 25.0 Å². The second kappa shape index (κ2) is 11.2. The number of carbonyl (C=O) groups is 1. The van der Waals surface area contributed by atoms with E-state index in [1.165, 1.54) is 6.08 Å². The number of amides is 1. The molecule has 0 bridgehead atoms. The summed E-state index contributed by atoms with van der Waals surface area (Å²) in [7, 11) is 1.58. The van der Waals surface area contributed by atoms with Crippen LogP contribution in [0.15, 0.2) is 47.0 Å². The Hall–Kier alpha value is -3.74. The minimum absolute atomic E-state index is 0.224. The van der Waals surface area contributed by atoms with Crippen LogP contribution in [0.2, 0.25) is 0 Å². The summed E-state index contributed by atoms with van der Waals surface area (Å²) in [5, 5.41) is 6.84. The van der Waals surface area contributed by atoms with Crippen molar-refractivity contribution in [1.82, 2.24) is 5.16 Å². The van der Waals surface area contributed by atoms with Gasteiger partial charge in [-0.1, -0.05) is 18.1 Å². The van der Waals surface area contributed by atoms with Crippen molar-refractivity contribution in [2.24, 2.45) is 0 Å². The topological polar surface area (TPSA) is 82.8 Å².